The number of hydrogen-bond acceptors (Lipinski definition) is 3. The molecule has 116 valence electrons. The predicted molar refractivity (Wildman–Crippen MR) is 84.1 cm³/mol. The number of ether oxygens (including phenoxy) is 1. The molecule has 4 nitrogen and oxygen atoms in total. The third-order valence-corrected chi connectivity index (χ3v) is 3.48. The van der Waals surface area contributed by atoms with Crippen LogP contribution >= 0.6 is 0 Å². The summed E-state index contributed by atoms with van der Waals surface area (Å²) in [5.41, 5.74) is 0.555. The topological polar surface area (TPSA) is 41.6 Å². The first-order chi connectivity index (χ1) is 9.87. The number of carbonyl (C=O) groups is 1. The number of benzene rings is 1. The van der Waals surface area contributed by atoms with Crippen LogP contribution in [0.15, 0.2) is 30.3 Å². The van der Waals surface area contributed by atoms with Crippen molar-refractivity contribution in [3.8, 4) is 0 Å². The molecule has 0 spiro atoms. The largest absolute Gasteiger partial charge is 0.358 e. The van der Waals surface area contributed by atoms with E-state index in [-0.39, 0.29) is 11.5 Å². The number of nitrogens with one attached hydrogen (secondary N) is 1. The Morgan fingerprint density at radius 1 is 1.33 bits per heavy atom. The third-order valence-electron chi connectivity index (χ3n) is 3.48. The van der Waals surface area contributed by atoms with Crippen molar-refractivity contribution in [2.45, 2.75) is 45.4 Å². The molecule has 0 aromatic heterocycles. The van der Waals surface area contributed by atoms with Crippen molar-refractivity contribution in [2.75, 3.05) is 19.6 Å². The number of nitrogens with zero attached hydrogens (tertiary/aromatic N) is 1. The van der Waals surface area contributed by atoms with E-state index >= 15 is 0 Å². The van der Waals surface area contributed by atoms with E-state index in [1.54, 1.807) is 0 Å². The van der Waals surface area contributed by atoms with E-state index in [4.69, 9.17) is 4.74 Å². The minimum atomic E-state index is -0.531. The molecule has 1 amide bonds. The van der Waals surface area contributed by atoms with Crippen LogP contribution in [0.2, 0.25) is 0 Å². The molecule has 0 saturated carbocycles. The standard InChI is InChI=1S/C17H26N2O2/c1-13-12-19(11-10-18-13)16(20)15(21-17(2,3)4)14-8-6-5-7-9-14/h5-9,13,15,18H,10-12H2,1-4H3/t13-,15?/m1/s1. The summed E-state index contributed by atoms with van der Waals surface area (Å²) in [5, 5.41) is 3.36. The van der Waals surface area contributed by atoms with Crippen molar-refractivity contribution in [1.29, 1.82) is 0 Å². The Kier molecular flexibility index (Phi) is 5.01. The Hall–Kier alpha value is -1.39. The average Bonchev–Trinajstić information content (AvgIpc) is 2.44. The maximum absolute atomic E-state index is 12.9. The maximum Gasteiger partial charge on any atom is 0.256 e. The first kappa shape index (κ1) is 16.0. The molecule has 1 saturated heterocycles. The zero-order valence-corrected chi connectivity index (χ0v) is 13.4. The molecule has 4 heteroatoms. The molecule has 0 bridgehead atoms. The third kappa shape index (κ3) is 4.55. The average molecular weight is 290 g/mol. The second kappa shape index (κ2) is 6.58. The fourth-order valence-corrected chi connectivity index (χ4v) is 2.54. The molecule has 2 atom stereocenters. The van der Waals surface area contributed by atoms with Gasteiger partial charge in [-0.15, -0.1) is 0 Å². The van der Waals surface area contributed by atoms with Gasteiger partial charge in [0.2, 0.25) is 0 Å². The minimum absolute atomic E-state index is 0.0597. The first-order valence-corrected chi connectivity index (χ1v) is 7.62. The smallest absolute Gasteiger partial charge is 0.256 e. The van der Waals surface area contributed by atoms with Crippen LogP contribution in [-0.4, -0.2) is 42.1 Å². The molecule has 1 N–H and O–H groups in total. The summed E-state index contributed by atoms with van der Waals surface area (Å²) in [4.78, 5) is 14.8. The Labute approximate surface area is 127 Å². The van der Waals surface area contributed by atoms with Gasteiger partial charge in [0.05, 0.1) is 5.60 Å². The molecule has 1 aliphatic rings. The van der Waals surface area contributed by atoms with Crippen LogP contribution in [0.3, 0.4) is 0 Å². The summed E-state index contributed by atoms with van der Waals surface area (Å²) < 4.78 is 6.06. The van der Waals surface area contributed by atoms with Crippen LogP contribution in [0.25, 0.3) is 0 Å². The van der Waals surface area contributed by atoms with Crippen molar-refractivity contribution in [1.82, 2.24) is 10.2 Å². The van der Waals surface area contributed by atoms with Crippen LogP contribution in [0.1, 0.15) is 39.4 Å². The van der Waals surface area contributed by atoms with Crippen LogP contribution in [0, 0.1) is 0 Å². The van der Waals surface area contributed by atoms with Gasteiger partial charge < -0.3 is 15.0 Å². The lowest BCUT2D eigenvalue weighted by atomic mass is 10.1. The lowest BCUT2D eigenvalue weighted by molar-refractivity contribution is -0.155. The zero-order chi connectivity index (χ0) is 15.5. The van der Waals surface area contributed by atoms with E-state index in [0.29, 0.717) is 6.04 Å². The number of hydrogen-bond donors (Lipinski definition) is 1. The van der Waals surface area contributed by atoms with E-state index in [0.717, 1.165) is 25.2 Å². The molecule has 21 heavy (non-hydrogen) atoms. The summed E-state index contributed by atoms with van der Waals surface area (Å²) in [6.07, 6.45) is -0.531. The van der Waals surface area contributed by atoms with E-state index in [9.17, 15) is 4.79 Å². The second-order valence-electron chi connectivity index (χ2n) is 6.66. The molecule has 0 aliphatic carbocycles. The van der Waals surface area contributed by atoms with Gasteiger partial charge in [-0.3, -0.25) is 4.79 Å². The van der Waals surface area contributed by atoms with Gasteiger partial charge in [0.1, 0.15) is 0 Å². The molecule has 1 aromatic rings. The van der Waals surface area contributed by atoms with Crippen molar-refractivity contribution >= 4 is 5.91 Å². The summed E-state index contributed by atoms with van der Waals surface area (Å²) in [6, 6.07) is 10.1. The number of amides is 1. The van der Waals surface area contributed by atoms with Crippen molar-refractivity contribution in [3.63, 3.8) is 0 Å². The summed E-state index contributed by atoms with van der Waals surface area (Å²) in [7, 11) is 0. The highest BCUT2D eigenvalue weighted by Gasteiger charge is 2.32. The lowest BCUT2D eigenvalue weighted by Crippen LogP contribution is -2.53. The van der Waals surface area contributed by atoms with E-state index < -0.39 is 6.10 Å². The fraction of sp³-hybridized carbons (Fsp3) is 0.588. The monoisotopic (exact) mass is 290 g/mol. The van der Waals surface area contributed by atoms with E-state index in [2.05, 4.69) is 12.2 Å². The molecular formula is C17H26N2O2. The molecule has 1 aromatic carbocycles. The quantitative estimate of drug-likeness (QED) is 0.929. The maximum atomic E-state index is 12.9. The highest BCUT2D eigenvalue weighted by molar-refractivity contribution is 5.82. The van der Waals surface area contributed by atoms with Gasteiger partial charge in [-0.1, -0.05) is 30.3 Å². The fourth-order valence-electron chi connectivity index (χ4n) is 2.54. The van der Waals surface area contributed by atoms with Gasteiger partial charge in [-0.25, -0.2) is 0 Å². The molecule has 1 heterocycles. The number of piperazine rings is 1. The molecule has 2 rings (SSSR count). The molecule has 1 aliphatic heterocycles. The Morgan fingerprint density at radius 2 is 2.00 bits per heavy atom. The molecule has 1 unspecified atom stereocenters. The van der Waals surface area contributed by atoms with Crippen molar-refractivity contribution in [2.24, 2.45) is 0 Å². The lowest BCUT2D eigenvalue weighted by Gasteiger charge is -2.36. The molecular weight excluding hydrogens is 264 g/mol. The normalized spacial score (nSPS) is 21.1. The SMILES string of the molecule is C[C@@H]1CN(C(=O)C(OC(C)(C)C)c2ccccc2)CCN1. The van der Waals surface area contributed by atoms with Gasteiger partial charge in [0, 0.05) is 25.7 Å². The Bertz CT molecular complexity index is 467. The molecule has 0 radical (unpaired) electrons. The predicted octanol–water partition coefficient (Wildman–Crippen LogP) is 2.36. The molecule has 1 fully saturated rings. The highest BCUT2D eigenvalue weighted by Crippen LogP contribution is 2.26. The van der Waals surface area contributed by atoms with Gasteiger partial charge in [0.15, 0.2) is 6.10 Å². The van der Waals surface area contributed by atoms with Gasteiger partial charge in [-0.05, 0) is 33.3 Å². The number of rotatable bonds is 3. The van der Waals surface area contributed by atoms with Crippen molar-refractivity contribution < 1.29 is 9.53 Å². The first-order valence-electron chi connectivity index (χ1n) is 7.62. The van der Waals surface area contributed by atoms with E-state index in [1.807, 2.05) is 56.0 Å². The van der Waals surface area contributed by atoms with Crippen LogP contribution in [0.4, 0.5) is 0 Å². The zero-order valence-electron chi connectivity index (χ0n) is 13.4. The summed E-state index contributed by atoms with van der Waals surface area (Å²) in [6.45, 7) is 10.4. The highest BCUT2D eigenvalue weighted by atomic mass is 16.5. The van der Waals surface area contributed by atoms with Crippen LogP contribution < -0.4 is 5.32 Å². The van der Waals surface area contributed by atoms with E-state index in [1.165, 1.54) is 0 Å². The van der Waals surface area contributed by atoms with Gasteiger partial charge >= 0.3 is 0 Å². The van der Waals surface area contributed by atoms with Gasteiger partial charge in [0.25, 0.3) is 5.91 Å². The summed E-state index contributed by atoms with van der Waals surface area (Å²) in [5.74, 6) is 0.0597. The van der Waals surface area contributed by atoms with Crippen molar-refractivity contribution in [3.05, 3.63) is 35.9 Å². The second-order valence-corrected chi connectivity index (χ2v) is 6.66. The summed E-state index contributed by atoms with van der Waals surface area (Å²) >= 11 is 0. The van der Waals surface area contributed by atoms with Crippen LogP contribution in [0.5, 0.6) is 0 Å². The Balaban J connectivity index is 2.20. The van der Waals surface area contributed by atoms with Crippen LogP contribution in [-0.2, 0) is 9.53 Å². The van der Waals surface area contributed by atoms with Gasteiger partial charge in [-0.2, -0.15) is 0 Å². The number of carbonyl (C=O) groups excluding carboxylic acids is 1. The Morgan fingerprint density at radius 3 is 2.57 bits per heavy atom. The minimum Gasteiger partial charge on any atom is -0.358 e.